The van der Waals surface area contributed by atoms with Crippen molar-refractivity contribution in [3.05, 3.63) is 39.9 Å². The molecule has 152 valence electrons. The lowest BCUT2D eigenvalue weighted by atomic mass is 9.88. The molecule has 1 aliphatic heterocycles. The zero-order valence-corrected chi connectivity index (χ0v) is 16.8. The summed E-state index contributed by atoms with van der Waals surface area (Å²) in [6.45, 7) is 5.33. The molecular formula is C20H25ClFN3O3. The predicted octanol–water partition coefficient (Wildman–Crippen LogP) is 3.16. The van der Waals surface area contributed by atoms with E-state index in [1.165, 1.54) is 12.3 Å². The molecule has 2 aliphatic rings. The van der Waals surface area contributed by atoms with Crippen LogP contribution in [0.2, 0.25) is 0 Å². The first kappa shape index (κ1) is 20.6. The van der Waals surface area contributed by atoms with Gasteiger partial charge in [-0.15, -0.1) is 12.4 Å². The van der Waals surface area contributed by atoms with E-state index < -0.39 is 17.2 Å². The summed E-state index contributed by atoms with van der Waals surface area (Å²) in [6, 6.07) is 3.06. The number of carboxylic acid groups (broad SMARTS) is 1. The monoisotopic (exact) mass is 409 g/mol. The molecule has 0 spiro atoms. The second-order valence-corrected chi connectivity index (χ2v) is 8.39. The Morgan fingerprint density at radius 2 is 1.96 bits per heavy atom. The minimum atomic E-state index is -1.28. The molecule has 3 N–H and O–H groups in total. The van der Waals surface area contributed by atoms with E-state index in [2.05, 4.69) is 0 Å². The minimum Gasteiger partial charge on any atom is -0.477 e. The van der Waals surface area contributed by atoms with Crippen LogP contribution in [0.5, 0.6) is 0 Å². The summed E-state index contributed by atoms with van der Waals surface area (Å²) in [5.41, 5.74) is 5.98. The fourth-order valence-corrected chi connectivity index (χ4v) is 3.99. The van der Waals surface area contributed by atoms with Crippen molar-refractivity contribution in [3.63, 3.8) is 0 Å². The van der Waals surface area contributed by atoms with Gasteiger partial charge in [-0.3, -0.25) is 4.79 Å². The Kier molecular flexibility index (Phi) is 5.18. The van der Waals surface area contributed by atoms with Gasteiger partial charge in [-0.25, -0.2) is 9.18 Å². The van der Waals surface area contributed by atoms with Gasteiger partial charge in [0.05, 0.1) is 11.2 Å². The first-order chi connectivity index (χ1) is 12.7. The maximum absolute atomic E-state index is 14.9. The molecule has 0 radical (unpaired) electrons. The number of nitrogens with two attached hydrogens (primary N) is 1. The number of hydrogen-bond acceptors (Lipinski definition) is 4. The van der Waals surface area contributed by atoms with Crippen molar-refractivity contribution in [3.8, 4) is 0 Å². The predicted molar refractivity (Wildman–Crippen MR) is 109 cm³/mol. The van der Waals surface area contributed by atoms with Gasteiger partial charge < -0.3 is 20.3 Å². The molecule has 1 aliphatic carbocycles. The van der Waals surface area contributed by atoms with E-state index in [-0.39, 0.29) is 40.9 Å². The van der Waals surface area contributed by atoms with Crippen LogP contribution in [0.15, 0.2) is 23.1 Å². The number of halogens is 2. The van der Waals surface area contributed by atoms with Gasteiger partial charge in [0, 0.05) is 36.3 Å². The van der Waals surface area contributed by atoms with Gasteiger partial charge in [0.15, 0.2) is 0 Å². The van der Waals surface area contributed by atoms with Crippen LogP contribution in [0.1, 0.15) is 49.5 Å². The van der Waals surface area contributed by atoms with E-state index in [4.69, 9.17) is 5.73 Å². The van der Waals surface area contributed by atoms with Crippen LogP contribution in [-0.2, 0) is 0 Å². The quantitative estimate of drug-likeness (QED) is 0.809. The summed E-state index contributed by atoms with van der Waals surface area (Å²) < 4.78 is 16.7. The summed E-state index contributed by atoms with van der Waals surface area (Å²) >= 11 is 0. The first-order valence-corrected chi connectivity index (χ1v) is 9.32. The Morgan fingerprint density at radius 3 is 2.50 bits per heavy atom. The lowest BCUT2D eigenvalue weighted by molar-refractivity contribution is 0.0695. The molecule has 2 fully saturated rings. The smallest absolute Gasteiger partial charge is 0.341 e. The van der Waals surface area contributed by atoms with Crippen molar-refractivity contribution in [2.75, 3.05) is 18.0 Å². The first-order valence-electron chi connectivity index (χ1n) is 9.32. The molecule has 2 heterocycles. The number of anilines is 1. The Balaban J connectivity index is 0.00000225. The maximum atomic E-state index is 14.9. The number of carboxylic acids is 1. The Morgan fingerprint density at radius 1 is 1.29 bits per heavy atom. The second kappa shape index (κ2) is 7.04. The highest BCUT2D eigenvalue weighted by Gasteiger charge is 2.34. The summed E-state index contributed by atoms with van der Waals surface area (Å²) in [4.78, 5) is 25.9. The summed E-state index contributed by atoms with van der Waals surface area (Å²) in [5.74, 6) is -1.53. The second-order valence-electron chi connectivity index (χ2n) is 8.39. The van der Waals surface area contributed by atoms with E-state index in [0.29, 0.717) is 24.3 Å². The molecular weight excluding hydrogens is 385 g/mol. The molecule has 1 saturated carbocycles. The summed E-state index contributed by atoms with van der Waals surface area (Å²) in [5, 5.41) is 9.45. The van der Waals surface area contributed by atoms with E-state index in [9.17, 15) is 19.1 Å². The number of benzene rings is 1. The highest BCUT2D eigenvalue weighted by atomic mass is 35.5. The number of hydrogen-bond donors (Lipinski definition) is 2. The molecule has 0 amide bonds. The zero-order chi connectivity index (χ0) is 19.5. The molecule has 0 bridgehead atoms. The average molecular weight is 410 g/mol. The molecule has 1 aromatic carbocycles. The lowest BCUT2D eigenvalue weighted by Crippen LogP contribution is -2.42. The number of fused-ring (bicyclic) bond motifs is 1. The molecule has 1 aromatic heterocycles. The van der Waals surface area contributed by atoms with Gasteiger partial charge in [0.1, 0.15) is 11.4 Å². The van der Waals surface area contributed by atoms with E-state index in [1.807, 2.05) is 23.3 Å². The van der Waals surface area contributed by atoms with Gasteiger partial charge in [0.25, 0.3) is 0 Å². The number of aromatic nitrogens is 1. The Labute approximate surface area is 168 Å². The zero-order valence-electron chi connectivity index (χ0n) is 15.9. The third-order valence-corrected chi connectivity index (χ3v) is 5.85. The van der Waals surface area contributed by atoms with Crippen molar-refractivity contribution in [2.24, 2.45) is 11.7 Å². The molecule has 4 rings (SSSR count). The standard InChI is InChI=1S/C20H24FN3O3.ClH/c1-20(2,22)11-5-6-23(9-11)17-8-16-13(7-15(17)21)18(25)14(19(26)27)10-24(16)12-3-4-12;/h7-8,10-12H,3-6,9,22H2,1-2H3,(H,26,27);1H/t11-;/m1./s1. The fourth-order valence-electron chi connectivity index (χ4n) is 3.99. The Bertz CT molecular complexity index is 995. The van der Waals surface area contributed by atoms with Crippen LogP contribution >= 0.6 is 12.4 Å². The SMILES string of the molecule is CC(C)(N)[C@@H]1CCN(c2cc3c(cc2F)c(=O)c(C(=O)O)cn3C2CC2)C1.Cl. The largest absolute Gasteiger partial charge is 0.477 e. The third kappa shape index (κ3) is 3.49. The fraction of sp³-hybridized carbons (Fsp3) is 0.500. The highest BCUT2D eigenvalue weighted by Crippen LogP contribution is 2.39. The molecule has 8 heteroatoms. The molecule has 0 unspecified atom stereocenters. The van der Waals surface area contributed by atoms with Crippen molar-refractivity contribution in [1.29, 1.82) is 0 Å². The van der Waals surface area contributed by atoms with Crippen molar-refractivity contribution >= 4 is 35.0 Å². The van der Waals surface area contributed by atoms with Gasteiger partial charge in [-0.2, -0.15) is 0 Å². The minimum absolute atomic E-state index is 0. The normalized spacial score (nSPS) is 19.7. The van der Waals surface area contributed by atoms with Crippen LogP contribution in [0, 0.1) is 11.7 Å². The van der Waals surface area contributed by atoms with Gasteiger partial charge in [0.2, 0.25) is 5.43 Å². The van der Waals surface area contributed by atoms with Gasteiger partial charge in [-0.05, 0) is 51.2 Å². The van der Waals surface area contributed by atoms with Crippen molar-refractivity contribution in [1.82, 2.24) is 4.57 Å². The van der Waals surface area contributed by atoms with E-state index in [0.717, 1.165) is 19.3 Å². The van der Waals surface area contributed by atoms with Crippen LogP contribution in [-0.4, -0.2) is 34.3 Å². The topological polar surface area (TPSA) is 88.6 Å². The molecule has 1 saturated heterocycles. The maximum Gasteiger partial charge on any atom is 0.341 e. The number of pyridine rings is 1. The molecule has 1 atom stereocenters. The number of nitrogens with zero attached hydrogens (tertiary/aromatic N) is 2. The van der Waals surface area contributed by atoms with Crippen LogP contribution in [0.3, 0.4) is 0 Å². The highest BCUT2D eigenvalue weighted by molar-refractivity contribution is 5.93. The van der Waals surface area contributed by atoms with Gasteiger partial charge in [-0.1, -0.05) is 0 Å². The summed E-state index contributed by atoms with van der Waals surface area (Å²) in [6.07, 6.45) is 4.14. The lowest BCUT2D eigenvalue weighted by Gasteiger charge is -2.27. The average Bonchev–Trinajstić information content (AvgIpc) is 3.29. The van der Waals surface area contributed by atoms with Crippen LogP contribution in [0.4, 0.5) is 10.1 Å². The number of rotatable bonds is 4. The Hall–Kier alpha value is -2.12. The van der Waals surface area contributed by atoms with Crippen molar-refractivity contribution < 1.29 is 14.3 Å². The number of carbonyl (C=O) groups is 1. The van der Waals surface area contributed by atoms with E-state index in [1.54, 1.807) is 6.07 Å². The molecule has 2 aromatic rings. The van der Waals surface area contributed by atoms with Crippen LogP contribution < -0.4 is 16.1 Å². The summed E-state index contributed by atoms with van der Waals surface area (Å²) in [7, 11) is 0. The van der Waals surface area contributed by atoms with Crippen LogP contribution in [0.25, 0.3) is 10.9 Å². The van der Waals surface area contributed by atoms with Crippen molar-refractivity contribution in [2.45, 2.75) is 44.7 Å². The third-order valence-electron chi connectivity index (χ3n) is 5.85. The number of aromatic carboxylic acids is 1. The molecule has 28 heavy (non-hydrogen) atoms. The van der Waals surface area contributed by atoms with Gasteiger partial charge >= 0.3 is 5.97 Å². The molecule has 6 nitrogen and oxygen atoms in total. The van der Waals surface area contributed by atoms with E-state index >= 15 is 0 Å².